The third kappa shape index (κ3) is 4.04. The minimum Gasteiger partial charge on any atom is -0.459 e. The van der Waals surface area contributed by atoms with Gasteiger partial charge in [0.25, 0.3) is 5.91 Å². The zero-order valence-electron chi connectivity index (χ0n) is 16.1. The smallest absolute Gasteiger partial charge is 0.291 e. The Kier molecular flexibility index (Phi) is 5.62. The van der Waals surface area contributed by atoms with E-state index in [4.69, 9.17) is 9.15 Å². The van der Waals surface area contributed by atoms with Crippen molar-refractivity contribution in [3.8, 4) is 0 Å². The SMILES string of the molecule is Cc1ccc([C@H](c2cc(C)sc2NC(=O)c2ccco2)N2CCOCC2)cc1. The number of rotatable bonds is 5. The Labute approximate surface area is 168 Å². The van der Waals surface area contributed by atoms with Crippen molar-refractivity contribution in [2.45, 2.75) is 19.9 Å². The topological polar surface area (TPSA) is 54.7 Å². The fourth-order valence-electron chi connectivity index (χ4n) is 3.58. The number of nitrogens with zero attached hydrogens (tertiary/aromatic N) is 1. The predicted molar refractivity (Wildman–Crippen MR) is 111 cm³/mol. The Morgan fingerprint density at radius 3 is 2.57 bits per heavy atom. The van der Waals surface area contributed by atoms with Crippen molar-refractivity contribution in [2.75, 3.05) is 31.6 Å². The number of thiophene rings is 1. The van der Waals surface area contributed by atoms with E-state index in [-0.39, 0.29) is 11.9 Å². The van der Waals surface area contributed by atoms with E-state index in [0.29, 0.717) is 5.76 Å². The fraction of sp³-hybridized carbons (Fsp3) is 0.318. The Morgan fingerprint density at radius 1 is 1.14 bits per heavy atom. The summed E-state index contributed by atoms with van der Waals surface area (Å²) in [7, 11) is 0. The molecular formula is C22H24N2O3S. The lowest BCUT2D eigenvalue weighted by atomic mass is 9.97. The highest BCUT2D eigenvalue weighted by molar-refractivity contribution is 7.16. The van der Waals surface area contributed by atoms with Crippen LogP contribution in [-0.2, 0) is 4.74 Å². The van der Waals surface area contributed by atoms with E-state index in [1.165, 1.54) is 17.4 Å². The summed E-state index contributed by atoms with van der Waals surface area (Å²) in [5.74, 6) is 0.0907. The highest BCUT2D eigenvalue weighted by Gasteiger charge is 2.28. The van der Waals surface area contributed by atoms with Gasteiger partial charge in [0.15, 0.2) is 5.76 Å². The van der Waals surface area contributed by atoms with E-state index >= 15 is 0 Å². The molecule has 5 nitrogen and oxygen atoms in total. The van der Waals surface area contributed by atoms with Crippen molar-refractivity contribution in [1.82, 2.24) is 4.90 Å². The molecule has 0 unspecified atom stereocenters. The van der Waals surface area contributed by atoms with Crippen LogP contribution < -0.4 is 5.32 Å². The molecule has 146 valence electrons. The first-order valence-electron chi connectivity index (χ1n) is 9.45. The molecule has 0 bridgehead atoms. The summed E-state index contributed by atoms with van der Waals surface area (Å²) >= 11 is 1.60. The van der Waals surface area contributed by atoms with Gasteiger partial charge in [-0.25, -0.2) is 0 Å². The molecule has 1 atom stereocenters. The number of carbonyl (C=O) groups excluding carboxylic acids is 1. The second-order valence-corrected chi connectivity index (χ2v) is 8.29. The van der Waals surface area contributed by atoms with Gasteiger partial charge in [0.05, 0.1) is 25.5 Å². The van der Waals surface area contributed by atoms with E-state index in [1.54, 1.807) is 23.5 Å². The molecular weight excluding hydrogens is 372 g/mol. The van der Waals surface area contributed by atoms with E-state index in [0.717, 1.165) is 41.7 Å². The third-order valence-electron chi connectivity index (χ3n) is 4.95. The van der Waals surface area contributed by atoms with Crippen LogP contribution in [0.2, 0.25) is 0 Å². The first-order chi connectivity index (χ1) is 13.6. The summed E-state index contributed by atoms with van der Waals surface area (Å²) in [5, 5.41) is 3.93. The van der Waals surface area contributed by atoms with E-state index in [1.807, 2.05) is 0 Å². The second-order valence-electron chi connectivity index (χ2n) is 7.03. The van der Waals surface area contributed by atoms with Crippen molar-refractivity contribution in [2.24, 2.45) is 0 Å². The van der Waals surface area contributed by atoms with E-state index in [9.17, 15) is 4.79 Å². The number of hydrogen-bond acceptors (Lipinski definition) is 5. The van der Waals surface area contributed by atoms with Crippen molar-refractivity contribution >= 4 is 22.2 Å². The number of anilines is 1. The fourth-order valence-corrected chi connectivity index (χ4v) is 4.52. The molecule has 0 aliphatic carbocycles. The summed E-state index contributed by atoms with van der Waals surface area (Å²) in [6, 6.07) is 14.3. The number of aryl methyl sites for hydroxylation is 2. The molecule has 0 spiro atoms. The molecule has 4 rings (SSSR count). The van der Waals surface area contributed by atoms with Crippen LogP contribution in [0.3, 0.4) is 0 Å². The monoisotopic (exact) mass is 396 g/mol. The molecule has 1 aliphatic heterocycles. The molecule has 1 aliphatic rings. The van der Waals surface area contributed by atoms with Crippen LogP contribution in [0.4, 0.5) is 5.00 Å². The number of furan rings is 1. The predicted octanol–water partition coefficient (Wildman–Crippen LogP) is 4.63. The molecule has 3 heterocycles. The average Bonchev–Trinajstić information content (AvgIpc) is 3.35. The van der Waals surface area contributed by atoms with Crippen LogP contribution in [0, 0.1) is 13.8 Å². The quantitative estimate of drug-likeness (QED) is 0.683. The van der Waals surface area contributed by atoms with Crippen LogP contribution in [0.25, 0.3) is 0 Å². The third-order valence-corrected chi connectivity index (χ3v) is 5.94. The molecule has 1 aromatic carbocycles. The molecule has 0 radical (unpaired) electrons. The zero-order chi connectivity index (χ0) is 19.5. The lowest BCUT2D eigenvalue weighted by molar-refractivity contribution is 0.0241. The van der Waals surface area contributed by atoms with Gasteiger partial charge < -0.3 is 14.5 Å². The molecule has 3 aromatic rings. The van der Waals surface area contributed by atoms with Gasteiger partial charge in [-0.15, -0.1) is 11.3 Å². The number of morpholine rings is 1. The molecule has 2 aromatic heterocycles. The minimum atomic E-state index is -0.224. The Morgan fingerprint density at radius 2 is 1.89 bits per heavy atom. The van der Waals surface area contributed by atoms with Crippen LogP contribution in [-0.4, -0.2) is 37.1 Å². The number of hydrogen-bond donors (Lipinski definition) is 1. The molecule has 1 fully saturated rings. The number of nitrogens with one attached hydrogen (secondary N) is 1. The van der Waals surface area contributed by atoms with E-state index < -0.39 is 0 Å². The van der Waals surface area contributed by atoms with Gasteiger partial charge in [-0.05, 0) is 37.6 Å². The Bertz CT molecular complexity index is 925. The van der Waals surface area contributed by atoms with Gasteiger partial charge in [0, 0.05) is 23.5 Å². The van der Waals surface area contributed by atoms with Crippen molar-refractivity contribution < 1.29 is 13.9 Å². The number of benzene rings is 1. The van der Waals surface area contributed by atoms with Gasteiger partial charge in [0.1, 0.15) is 5.00 Å². The summed E-state index contributed by atoms with van der Waals surface area (Å²) in [6.07, 6.45) is 1.51. The number of amides is 1. The average molecular weight is 397 g/mol. The van der Waals surface area contributed by atoms with Crippen LogP contribution in [0.5, 0.6) is 0 Å². The van der Waals surface area contributed by atoms with Gasteiger partial charge in [-0.1, -0.05) is 29.8 Å². The van der Waals surface area contributed by atoms with Crippen molar-refractivity contribution in [3.63, 3.8) is 0 Å². The maximum atomic E-state index is 12.6. The first kappa shape index (κ1) is 18.9. The Balaban J connectivity index is 1.71. The highest BCUT2D eigenvalue weighted by Crippen LogP contribution is 2.39. The molecule has 1 amide bonds. The van der Waals surface area contributed by atoms with Gasteiger partial charge in [-0.3, -0.25) is 9.69 Å². The lowest BCUT2D eigenvalue weighted by Gasteiger charge is -2.35. The largest absolute Gasteiger partial charge is 0.459 e. The molecule has 6 heteroatoms. The van der Waals surface area contributed by atoms with Crippen LogP contribution >= 0.6 is 11.3 Å². The lowest BCUT2D eigenvalue weighted by Crippen LogP contribution is -2.39. The van der Waals surface area contributed by atoms with Gasteiger partial charge in [0.2, 0.25) is 0 Å². The minimum absolute atomic E-state index is 0.0707. The second kappa shape index (κ2) is 8.31. The molecule has 1 saturated heterocycles. The van der Waals surface area contributed by atoms with Crippen molar-refractivity contribution in [3.05, 3.63) is 76.1 Å². The standard InChI is InChI=1S/C22H24N2O3S/c1-15-5-7-17(8-6-15)20(24-9-12-26-13-10-24)18-14-16(2)28-22(18)23-21(25)19-4-3-11-27-19/h3-8,11,14,20H,9-10,12-13H2,1-2H3,(H,23,25)/t20-/m1/s1. The maximum Gasteiger partial charge on any atom is 0.291 e. The number of ether oxygens (including phenoxy) is 1. The number of carbonyl (C=O) groups is 1. The maximum absolute atomic E-state index is 12.6. The zero-order valence-corrected chi connectivity index (χ0v) is 16.9. The van der Waals surface area contributed by atoms with Crippen LogP contribution in [0.15, 0.2) is 53.1 Å². The summed E-state index contributed by atoms with van der Waals surface area (Å²) in [5.41, 5.74) is 3.57. The normalized spacial score (nSPS) is 16.1. The van der Waals surface area contributed by atoms with Gasteiger partial charge in [-0.2, -0.15) is 0 Å². The summed E-state index contributed by atoms with van der Waals surface area (Å²) in [4.78, 5) is 16.2. The highest BCUT2D eigenvalue weighted by atomic mass is 32.1. The molecule has 1 N–H and O–H groups in total. The van der Waals surface area contributed by atoms with Crippen LogP contribution in [0.1, 0.15) is 38.2 Å². The Hall–Kier alpha value is -2.41. The van der Waals surface area contributed by atoms with Gasteiger partial charge >= 0.3 is 0 Å². The van der Waals surface area contributed by atoms with Crippen molar-refractivity contribution in [1.29, 1.82) is 0 Å². The van der Waals surface area contributed by atoms with E-state index in [2.05, 4.69) is 54.4 Å². The molecule has 0 saturated carbocycles. The summed E-state index contributed by atoms with van der Waals surface area (Å²) < 4.78 is 10.8. The molecule has 28 heavy (non-hydrogen) atoms. The first-order valence-corrected chi connectivity index (χ1v) is 10.3. The summed E-state index contributed by atoms with van der Waals surface area (Å²) in [6.45, 7) is 7.33.